The third-order valence-electron chi connectivity index (χ3n) is 1.34. The molecule has 0 aliphatic carbocycles. The number of hydrogen-bond acceptors (Lipinski definition) is 3. The van der Waals surface area contributed by atoms with Gasteiger partial charge < -0.3 is 5.11 Å². The molecule has 0 aliphatic rings. The summed E-state index contributed by atoms with van der Waals surface area (Å²) < 4.78 is 0.514. The van der Waals surface area contributed by atoms with Crippen molar-refractivity contribution in [3.63, 3.8) is 0 Å². The van der Waals surface area contributed by atoms with Crippen LogP contribution in [-0.2, 0) is 11.2 Å². The average Bonchev–Trinajstić information content (AvgIpc) is 2.35. The Hall–Kier alpha value is -0.610. The number of carboxylic acids is 1. The van der Waals surface area contributed by atoms with Crippen LogP contribution in [-0.4, -0.2) is 16.1 Å². The van der Waals surface area contributed by atoms with Crippen molar-refractivity contribution >= 4 is 28.9 Å². The van der Waals surface area contributed by atoms with Gasteiger partial charge in [0.15, 0.2) is 4.47 Å². The number of halogens is 1. The molecular weight excluding hydrogens is 198 g/mol. The predicted molar refractivity (Wildman–Crippen MR) is 47.7 cm³/mol. The van der Waals surface area contributed by atoms with Crippen LogP contribution in [0.3, 0.4) is 0 Å². The first-order chi connectivity index (χ1) is 5.68. The van der Waals surface area contributed by atoms with Crippen molar-refractivity contribution in [2.24, 2.45) is 0 Å². The molecule has 0 atom stereocenters. The molecule has 0 unspecified atom stereocenters. The fraction of sp³-hybridized carbons (Fsp3) is 0.429. The van der Waals surface area contributed by atoms with Crippen LogP contribution >= 0.6 is 22.9 Å². The van der Waals surface area contributed by atoms with Gasteiger partial charge in [0.1, 0.15) is 0 Å². The smallest absolute Gasteiger partial charge is 0.303 e. The summed E-state index contributed by atoms with van der Waals surface area (Å²) in [5.41, 5.74) is 0. The van der Waals surface area contributed by atoms with Crippen LogP contribution in [0.25, 0.3) is 0 Å². The Balaban J connectivity index is 2.29. The highest BCUT2D eigenvalue weighted by Gasteiger charge is 2.01. The summed E-state index contributed by atoms with van der Waals surface area (Å²) >= 11 is 6.99. The first-order valence-electron chi connectivity index (χ1n) is 3.50. The van der Waals surface area contributed by atoms with Crippen molar-refractivity contribution in [3.05, 3.63) is 15.5 Å². The molecule has 12 heavy (non-hydrogen) atoms. The van der Waals surface area contributed by atoms with E-state index < -0.39 is 5.97 Å². The Kier molecular flexibility index (Phi) is 3.49. The summed E-state index contributed by atoms with van der Waals surface area (Å²) in [5.74, 6) is -0.759. The summed E-state index contributed by atoms with van der Waals surface area (Å²) in [6, 6.07) is 0. The van der Waals surface area contributed by atoms with Crippen LogP contribution in [0.15, 0.2) is 6.20 Å². The summed E-state index contributed by atoms with van der Waals surface area (Å²) in [7, 11) is 0. The molecule has 5 heteroatoms. The second-order valence-electron chi connectivity index (χ2n) is 2.33. The zero-order valence-corrected chi connectivity index (χ0v) is 7.86. The first kappa shape index (κ1) is 9.48. The molecule has 3 nitrogen and oxygen atoms in total. The molecule has 1 rings (SSSR count). The minimum absolute atomic E-state index is 0.204. The molecule has 1 heterocycles. The highest BCUT2D eigenvalue weighted by atomic mass is 35.5. The van der Waals surface area contributed by atoms with E-state index in [-0.39, 0.29) is 6.42 Å². The molecule has 0 fully saturated rings. The molecule has 0 spiro atoms. The Morgan fingerprint density at radius 3 is 3.00 bits per heavy atom. The van der Waals surface area contributed by atoms with Gasteiger partial charge in [0.25, 0.3) is 0 Å². The zero-order chi connectivity index (χ0) is 8.97. The lowest BCUT2D eigenvalue weighted by Crippen LogP contribution is -1.94. The monoisotopic (exact) mass is 205 g/mol. The number of aliphatic carboxylic acids is 1. The quantitative estimate of drug-likeness (QED) is 0.820. The number of nitrogens with zero attached hydrogens (tertiary/aromatic N) is 1. The van der Waals surface area contributed by atoms with Crippen LogP contribution in [0.2, 0.25) is 4.47 Å². The van der Waals surface area contributed by atoms with E-state index >= 15 is 0 Å². The second kappa shape index (κ2) is 4.42. The third kappa shape index (κ3) is 3.19. The molecule has 0 amide bonds. The van der Waals surface area contributed by atoms with Gasteiger partial charge in [0.05, 0.1) is 0 Å². The van der Waals surface area contributed by atoms with Gasteiger partial charge in [-0.05, 0) is 12.8 Å². The number of aromatic nitrogens is 1. The summed E-state index contributed by atoms with van der Waals surface area (Å²) in [6.45, 7) is 0. The van der Waals surface area contributed by atoms with E-state index in [0.717, 1.165) is 11.3 Å². The van der Waals surface area contributed by atoms with Crippen LogP contribution in [0.1, 0.15) is 17.7 Å². The molecule has 0 aromatic carbocycles. The Morgan fingerprint density at radius 2 is 2.50 bits per heavy atom. The fourth-order valence-corrected chi connectivity index (χ4v) is 1.83. The molecular formula is C7H8ClNO2S. The minimum Gasteiger partial charge on any atom is -0.481 e. The van der Waals surface area contributed by atoms with E-state index in [4.69, 9.17) is 16.7 Å². The molecule has 0 radical (unpaired) electrons. The summed E-state index contributed by atoms with van der Waals surface area (Å²) in [4.78, 5) is 15.1. The molecule has 1 aromatic heterocycles. The average molecular weight is 206 g/mol. The summed E-state index contributed by atoms with van der Waals surface area (Å²) in [6.07, 6.45) is 3.29. The van der Waals surface area contributed by atoms with Crippen molar-refractivity contribution in [2.45, 2.75) is 19.3 Å². The third-order valence-corrected chi connectivity index (χ3v) is 2.51. The van der Waals surface area contributed by atoms with Crippen molar-refractivity contribution in [1.82, 2.24) is 4.98 Å². The summed E-state index contributed by atoms with van der Waals surface area (Å²) in [5, 5.41) is 8.36. The van der Waals surface area contributed by atoms with Crippen molar-refractivity contribution in [2.75, 3.05) is 0 Å². The molecule has 0 aliphatic heterocycles. The van der Waals surface area contributed by atoms with Gasteiger partial charge in [-0.3, -0.25) is 4.79 Å². The van der Waals surface area contributed by atoms with Crippen LogP contribution in [0, 0.1) is 0 Å². The van der Waals surface area contributed by atoms with Gasteiger partial charge in [0, 0.05) is 17.5 Å². The Morgan fingerprint density at radius 1 is 1.75 bits per heavy atom. The van der Waals surface area contributed by atoms with E-state index in [1.807, 2.05) is 0 Å². The Labute approximate surface area is 79.0 Å². The van der Waals surface area contributed by atoms with Crippen LogP contribution < -0.4 is 0 Å². The van der Waals surface area contributed by atoms with Gasteiger partial charge in [-0.2, -0.15) is 0 Å². The van der Waals surface area contributed by atoms with E-state index in [1.165, 1.54) is 11.3 Å². The first-order valence-corrected chi connectivity index (χ1v) is 4.70. The number of carboxylic acid groups (broad SMARTS) is 1. The van der Waals surface area contributed by atoms with Crippen molar-refractivity contribution in [3.8, 4) is 0 Å². The maximum absolute atomic E-state index is 10.2. The lowest BCUT2D eigenvalue weighted by atomic mass is 10.2. The van der Waals surface area contributed by atoms with E-state index in [1.54, 1.807) is 6.20 Å². The molecule has 0 bridgehead atoms. The molecule has 0 saturated heterocycles. The normalized spacial score (nSPS) is 10.1. The molecule has 66 valence electrons. The van der Waals surface area contributed by atoms with Gasteiger partial charge >= 0.3 is 5.97 Å². The van der Waals surface area contributed by atoms with Gasteiger partial charge in [0.2, 0.25) is 0 Å². The highest BCUT2D eigenvalue weighted by molar-refractivity contribution is 7.15. The van der Waals surface area contributed by atoms with Gasteiger partial charge in [-0.25, -0.2) is 4.98 Å². The molecule has 1 N–H and O–H groups in total. The van der Waals surface area contributed by atoms with Crippen molar-refractivity contribution in [1.29, 1.82) is 0 Å². The van der Waals surface area contributed by atoms with Gasteiger partial charge in [-0.15, -0.1) is 11.3 Å². The van der Waals surface area contributed by atoms with Gasteiger partial charge in [-0.1, -0.05) is 11.6 Å². The standard InChI is InChI=1S/C7H8ClNO2S/c8-7-9-4-5(12-7)2-1-3-6(10)11/h4H,1-3H2,(H,10,11). The van der Waals surface area contributed by atoms with Crippen LogP contribution in [0.4, 0.5) is 0 Å². The van der Waals surface area contributed by atoms with Crippen molar-refractivity contribution < 1.29 is 9.90 Å². The fourth-order valence-electron chi connectivity index (χ4n) is 0.813. The number of carbonyl (C=O) groups is 1. The maximum atomic E-state index is 10.2. The predicted octanol–water partition coefficient (Wildman–Crippen LogP) is 2.20. The maximum Gasteiger partial charge on any atom is 0.303 e. The number of thiazole rings is 1. The topological polar surface area (TPSA) is 50.2 Å². The van der Waals surface area contributed by atoms with E-state index in [0.29, 0.717) is 10.9 Å². The highest BCUT2D eigenvalue weighted by Crippen LogP contribution is 2.19. The Bertz CT molecular complexity index is 274. The van der Waals surface area contributed by atoms with Crippen LogP contribution in [0.5, 0.6) is 0 Å². The second-order valence-corrected chi connectivity index (χ2v) is 4.02. The SMILES string of the molecule is O=C(O)CCCc1cnc(Cl)s1. The largest absolute Gasteiger partial charge is 0.481 e. The minimum atomic E-state index is -0.759. The lowest BCUT2D eigenvalue weighted by Gasteiger charge is -1.91. The van der Waals surface area contributed by atoms with E-state index in [2.05, 4.69) is 4.98 Å². The van der Waals surface area contributed by atoms with E-state index in [9.17, 15) is 4.79 Å². The zero-order valence-electron chi connectivity index (χ0n) is 6.29. The number of hydrogen-bond donors (Lipinski definition) is 1. The molecule has 0 saturated carbocycles. The molecule has 1 aromatic rings. The number of aryl methyl sites for hydroxylation is 1. The number of rotatable bonds is 4. The lowest BCUT2D eigenvalue weighted by molar-refractivity contribution is -0.137.